The predicted octanol–water partition coefficient (Wildman–Crippen LogP) is 2.03. The lowest BCUT2D eigenvalue weighted by Crippen LogP contribution is -2.34. The van der Waals surface area contributed by atoms with Gasteiger partial charge in [0.25, 0.3) is 0 Å². The molecule has 8 nitrogen and oxygen atoms in total. The summed E-state index contributed by atoms with van der Waals surface area (Å²) in [6.45, 7) is 4.61. The summed E-state index contributed by atoms with van der Waals surface area (Å²) in [6.07, 6.45) is 5.51. The van der Waals surface area contributed by atoms with Crippen LogP contribution >= 0.6 is 0 Å². The molecule has 1 aromatic carbocycles. The van der Waals surface area contributed by atoms with E-state index in [2.05, 4.69) is 14.9 Å². The van der Waals surface area contributed by atoms with E-state index < -0.39 is 0 Å². The minimum Gasteiger partial charge on any atom is -0.387 e. The minimum absolute atomic E-state index is 0.00959. The van der Waals surface area contributed by atoms with Crippen LogP contribution in [0.2, 0.25) is 0 Å². The summed E-state index contributed by atoms with van der Waals surface area (Å²) >= 11 is 0. The number of nitrogens with two attached hydrogens (primary N) is 1. The van der Waals surface area contributed by atoms with Gasteiger partial charge >= 0.3 is 0 Å². The van der Waals surface area contributed by atoms with Crippen LogP contribution in [0.25, 0.3) is 11.1 Å². The molecular weight excluding hydrogens is 380 g/mol. The number of hydrogen-bond acceptors (Lipinski definition) is 6. The fourth-order valence-corrected chi connectivity index (χ4v) is 3.56. The van der Waals surface area contributed by atoms with Crippen molar-refractivity contribution in [1.82, 2.24) is 14.9 Å². The number of amides is 1. The Morgan fingerprint density at radius 3 is 2.57 bits per heavy atom. The monoisotopic (exact) mass is 408 g/mol. The van der Waals surface area contributed by atoms with E-state index in [0.717, 1.165) is 42.7 Å². The van der Waals surface area contributed by atoms with Crippen molar-refractivity contribution in [2.75, 3.05) is 31.1 Å². The molecule has 30 heavy (non-hydrogen) atoms. The fraction of sp³-hybridized carbons (Fsp3) is 0.409. The van der Waals surface area contributed by atoms with Gasteiger partial charge in [0.2, 0.25) is 11.9 Å². The Morgan fingerprint density at radius 1 is 1.10 bits per heavy atom. The number of Topliss-reactive ketones (excluding diaryl/α,β-unsaturated/α-hetero) is 1. The second kappa shape index (κ2) is 9.96. The largest absolute Gasteiger partial charge is 0.387 e. The van der Waals surface area contributed by atoms with Crippen molar-refractivity contribution in [3.8, 4) is 11.1 Å². The Balaban J connectivity index is 1.64. The summed E-state index contributed by atoms with van der Waals surface area (Å²) in [4.78, 5) is 36.5. The van der Waals surface area contributed by atoms with Gasteiger partial charge in [-0.1, -0.05) is 24.3 Å². The highest BCUT2D eigenvalue weighted by atomic mass is 16.2. The number of aryl methyl sites for hydroxylation is 1. The third-order valence-corrected chi connectivity index (χ3v) is 5.20. The van der Waals surface area contributed by atoms with Gasteiger partial charge < -0.3 is 15.5 Å². The molecule has 3 N–H and O–H groups in total. The van der Waals surface area contributed by atoms with Crippen molar-refractivity contribution >= 4 is 23.5 Å². The zero-order valence-electron chi connectivity index (χ0n) is 17.3. The lowest BCUT2D eigenvalue weighted by Gasteiger charge is -2.21. The van der Waals surface area contributed by atoms with Crippen molar-refractivity contribution in [1.29, 1.82) is 5.41 Å². The van der Waals surface area contributed by atoms with Gasteiger partial charge in [-0.15, -0.1) is 0 Å². The standard InChI is InChI=1S/C22H28N6O2/c1-16(29)27-8-3-9-28(11-10-27)22-25-14-19(15-26-22)18-5-2-4-17(12-18)6-7-20(30)13-21(23)24/h2,4-5,12,14-15H,3,6-11,13H2,1H3,(H3,23,24). The molecule has 1 aromatic heterocycles. The number of benzene rings is 1. The average molecular weight is 409 g/mol. The molecule has 2 heterocycles. The van der Waals surface area contributed by atoms with Gasteiger partial charge in [-0.3, -0.25) is 15.0 Å². The average Bonchev–Trinajstić information content (AvgIpc) is 2.99. The smallest absolute Gasteiger partial charge is 0.225 e. The van der Waals surface area contributed by atoms with Gasteiger partial charge in [-0.2, -0.15) is 0 Å². The van der Waals surface area contributed by atoms with Crippen LogP contribution in [0.5, 0.6) is 0 Å². The van der Waals surface area contributed by atoms with Crippen LogP contribution in [0.1, 0.15) is 31.7 Å². The van der Waals surface area contributed by atoms with E-state index in [4.69, 9.17) is 11.1 Å². The van der Waals surface area contributed by atoms with Gasteiger partial charge in [0, 0.05) is 57.5 Å². The molecular formula is C22H28N6O2. The van der Waals surface area contributed by atoms with Crippen LogP contribution < -0.4 is 10.6 Å². The van der Waals surface area contributed by atoms with Crippen molar-refractivity contribution in [2.24, 2.45) is 5.73 Å². The SMILES string of the molecule is CC(=O)N1CCCN(c2ncc(-c3cccc(CCC(=O)CC(=N)N)c3)cn2)CC1. The number of rotatable bonds is 7. The van der Waals surface area contributed by atoms with E-state index in [1.807, 2.05) is 41.6 Å². The molecule has 1 saturated heterocycles. The number of ketones is 1. The molecule has 158 valence electrons. The third kappa shape index (κ3) is 5.85. The molecule has 3 rings (SSSR count). The van der Waals surface area contributed by atoms with E-state index >= 15 is 0 Å². The van der Waals surface area contributed by atoms with E-state index in [-0.39, 0.29) is 23.9 Å². The quantitative estimate of drug-likeness (QED) is 0.535. The molecule has 1 aliphatic rings. The topological polar surface area (TPSA) is 116 Å². The first-order valence-corrected chi connectivity index (χ1v) is 10.2. The number of carbonyl (C=O) groups excluding carboxylic acids is 2. The molecule has 1 aliphatic heterocycles. The van der Waals surface area contributed by atoms with E-state index in [1.54, 1.807) is 6.92 Å². The molecule has 0 spiro atoms. The van der Waals surface area contributed by atoms with Crippen LogP contribution in [-0.4, -0.2) is 58.6 Å². The summed E-state index contributed by atoms with van der Waals surface area (Å²) < 4.78 is 0. The van der Waals surface area contributed by atoms with Crippen LogP contribution in [0.3, 0.4) is 0 Å². The van der Waals surface area contributed by atoms with Crippen LogP contribution in [0, 0.1) is 5.41 Å². The summed E-state index contributed by atoms with van der Waals surface area (Å²) in [5.41, 5.74) is 8.24. The molecule has 0 aliphatic carbocycles. The first-order valence-electron chi connectivity index (χ1n) is 10.2. The maximum absolute atomic E-state index is 11.8. The van der Waals surface area contributed by atoms with Gasteiger partial charge in [0.15, 0.2) is 0 Å². The van der Waals surface area contributed by atoms with Crippen LogP contribution in [0.15, 0.2) is 36.7 Å². The summed E-state index contributed by atoms with van der Waals surface area (Å²) in [5.74, 6) is 0.664. The predicted molar refractivity (Wildman–Crippen MR) is 116 cm³/mol. The summed E-state index contributed by atoms with van der Waals surface area (Å²) in [7, 11) is 0. The Hall–Kier alpha value is -3.29. The number of nitrogens with one attached hydrogen (secondary N) is 1. The number of carbonyl (C=O) groups is 2. The fourth-order valence-electron chi connectivity index (χ4n) is 3.56. The van der Waals surface area contributed by atoms with Crippen LogP contribution in [0.4, 0.5) is 5.95 Å². The zero-order valence-corrected chi connectivity index (χ0v) is 17.3. The Kier molecular flexibility index (Phi) is 7.11. The maximum Gasteiger partial charge on any atom is 0.225 e. The molecule has 0 radical (unpaired) electrons. The zero-order chi connectivity index (χ0) is 21.5. The number of anilines is 1. The highest BCUT2D eigenvalue weighted by molar-refractivity contribution is 5.98. The van der Waals surface area contributed by atoms with E-state index in [9.17, 15) is 9.59 Å². The Morgan fingerprint density at radius 2 is 1.87 bits per heavy atom. The van der Waals surface area contributed by atoms with Crippen molar-refractivity contribution < 1.29 is 9.59 Å². The Labute approximate surface area is 176 Å². The first kappa shape index (κ1) is 21.4. The van der Waals surface area contributed by atoms with Crippen LogP contribution in [-0.2, 0) is 16.0 Å². The molecule has 1 amide bonds. The van der Waals surface area contributed by atoms with Gasteiger partial charge in [0.1, 0.15) is 5.78 Å². The molecule has 2 aromatic rings. The van der Waals surface area contributed by atoms with Gasteiger partial charge in [-0.25, -0.2) is 9.97 Å². The molecule has 0 bridgehead atoms. The molecule has 0 atom stereocenters. The number of hydrogen-bond donors (Lipinski definition) is 2. The molecule has 1 fully saturated rings. The normalized spacial score (nSPS) is 14.3. The van der Waals surface area contributed by atoms with Crippen molar-refractivity contribution in [3.05, 3.63) is 42.2 Å². The molecule has 0 unspecified atom stereocenters. The second-order valence-electron chi connectivity index (χ2n) is 7.56. The summed E-state index contributed by atoms with van der Waals surface area (Å²) in [6, 6.07) is 7.98. The van der Waals surface area contributed by atoms with Gasteiger partial charge in [-0.05, 0) is 24.0 Å². The van der Waals surface area contributed by atoms with E-state index in [0.29, 0.717) is 25.3 Å². The number of nitrogens with zero attached hydrogens (tertiary/aromatic N) is 4. The Bertz CT molecular complexity index is 912. The molecule has 8 heteroatoms. The highest BCUT2D eigenvalue weighted by Gasteiger charge is 2.18. The first-order chi connectivity index (χ1) is 14.4. The number of amidine groups is 1. The second-order valence-corrected chi connectivity index (χ2v) is 7.56. The third-order valence-electron chi connectivity index (χ3n) is 5.20. The summed E-state index contributed by atoms with van der Waals surface area (Å²) in [5, 5.41) is 7.21. The lowest BCUT2D eigenvalue weighted by atomic mass is 10.0. The highest BCUT2D eigenvalue weighted by Crippen LogP contribution is 2.21. The molecule has 0 saturated carbocycles. The lowest BCUT2D eigenvalue weighted by molar-refractivity contribution is -0.128. The van der Waals surface area contributed by atoms with E-state index in [1.165, 1.54) is 0 Å². The van der Waals surface area contributed by atoms with Crippen molar-refractivity contribution in [3.63, 3.8) is 0 Å². The maximum atomic E-state index is 11.8. The van der Waals surface area contributed by atoms with Crippen molar-refractivity contribution in [2.45, 2.75) is 32.6 Å². The van der Waals surface area contributed by atoms with Gasteiger partial charge in [0.05, 0.1) is 12.3 Å². The minimum atomic E-state index is -0.0931. The number of aromatic nitrogens is 2.